The Bertz CT molecular complexity index is 1000. The van der Waals surface area contributed by atoms with Crippen LogP contribution in [0.25, 0.3) is 0 Å². The molecule has 0 spiro atoms. The molecule has 6 nitrogen and oxygen atoms in total. The number of aromatic nitrogens is 1. The van der Waals surface area contributed by atoms with Gasteiger partial charge in [0.25, 0.3) is 0 Å². The Hall–Kier alpha value is -2.49. The number of piperidine rings is 1. The molecule has 4 heterocycles. The average molecular weight is 489 g/mol. The average Bonchev–Trinajstić information content (AvgIpc) is 3.65. The molecule has 35 heavy (non-hydrogen) atoms. The molecule has 6 rings (SSSR count). The van der Waals surface area contributed by atoms with Gasteiger partial charge in [-0.05, 0) is 49.1 Å². The largest absolute Gasteiger partial charge is 0.389 e. The van der Waals surface area contributed by atoms with E-state index in [9.17, 15) is 18.0 Å². The third-order valence-electron chi connectivity index (χ3n) is 7.32. The molecule has 6 atom stereocenters. The normalized spacial score (nSPS) is 30.9. The van der Waals surface area contributed by atoms with Crippen molar-refractivity contribution in [3.05, 3.63) is 59.9 Å². The number of carbonyl (C=O) groups is 1. The molecule has 1 aliphatic carbocycles. The van der Waals surface area contributed by atoms with Crippen molar-refractivity contribution in [2.45, 2.75) is 62.1 Å². The highest BCUT2D eigenvalue weighted by Crippen LogP contribution is 2.39. The van der Waals surface area contributed by atoms with Gasteiger partial charge in [0.15, 0.2) is 0 Å². The minimum atomic E-state index is -4.07. The Morgan fingerprint density at radius 2 is 1.83 bits per heavy atom. The summed E-state index contributed by atoms with van der Waals surface area (Å²) in [5.41, 5.74) is 2.89. The molecule has 0 amide bonds. The lowest BCUT2D eigenvalue weighted by atomic mass is 9.94. The maximum Gasteiger partial charge on any atom is 0.389 e. The molecule has 4 aliphatic rings. The van der Waals surface area contributed by atoms with Gasteiger partial charge < -0.3 is 20.7 Å². The van der Waals surface area contributed by atoms with E-state index in [0.29, 0.717) is 30.5 Å². The third-order valence-corrected chi connectivity index (χ3v) is 7.32. The molecule has 2 aromatic rings. The van der Waals surface area contributed by atoms with Crippen LogP contribution >= 0.6 is 0 Å². The summed E-state index contributed by atoms with van der Waals surface area (Å²) in [5, 5.41) is 9.81. The fraction of sp³-hybridized carbons (Fsp3) is 0.538. The van der Waals surface area contributed by atoms with Crippen LogP contribution in [-0.4, -0.2) is 54.8 Å². The molecule has 3 aliphatic heterocycles. The number of hydrogen-bond acceptors (Lipinski definition) is 6. The highest BCUT2D eigenvalue weighted by atomic mass is 19.4. The number of carbonyl (C=O) groups excluding carboxylic acids is 1. The molecular weight excluding hydrogens is 457 g/mol. The first-order valence-electron chi connectivity index (χ1n) is 12.3. The van der Waals surface area contributed by atoms with Gasteiger partial charge in [0, 0.05) is 55.9 Å². The van der Waals surface area contributed by atoms with E-state index in [1.54, 1.807) is 6.20 Å². The Morgan fingerprint density at radius 1 is 1.03 bits per heavy atom. The van der Waals surface area contributed by atoms with Gasteiger partial charge in [0.1, 0.15) is 5.78 Å². The molecule has 4 bridgehead atoms. The lowest BCUT2D eigenvalue weighted by molar-refractivity contribution is -0.134. The first-order chi connectivity index (χ1) is 16.9. The number of halogens is 3. The monoisotopic (exact) mass is 488 g/mol. The van der Waals surface area contributed by atoms with E-state index >= 15 is 0 Å². The number of nitrogens with zero attached hydrogens (tertiary/aromatic N) is 1. The van der Waals surface area contributed by atoms with Gasteiger partial charge in [-0.1, -0.05) is 18.2 Å². The third kappa shape index (κ3) is 5.68. The minimum absolute atomic E-state index is 0.00921. The fourth-order valence-electron chi connectivity index (χ4n) is 5.59. The smallest absolute Gasteiger partial charge is 0.385 e. The van der Waals surface area contributed by atoms with Gasteiger partial charge in [-0.25, -0.2) is 0 Å². The molecule has 1 aromatic carbocycles. The van der Waals surface area contributed by atoms with E-state index in [2.05, 4.69) is 20.9 Å². The number of alkyl halides is 3. The van der Waals surface area contributed by atoms with Crippen LogP contribution in [0, 0.1) is 5.92 Å². The zero-order valence-electron chi connectivity index (χ0n) is 19.4. The molecule has 3 saturated heterocycles. The molecule has 1 saturated carbocycles. The molecule has 9 heteroatoms. The summed E-state index contributed by atoms with van der Waals surface area (Å²) in [7, 11) is 0. The van der Waals surface area contributed by atoms with Gasteiger partial charge in [-0.2, -0.15) is 13.2 Å². The van der Waals surface area contributed by atoms with E-state index in [-0.39, 0.29) is 24.4 Å². The van der Waals surface area contributed by atoms with Gasteiger partial charge >= 0.3 is 6.18 Å². The maximum atomic E-state index is 12.0. The molecule has 4 fully saturated rings. The van der Waals surface area contributed by atoms with Crippen LogP contribution in [0.2, 0.25) is 0 Å². The number of fused-ring (bicyclic) bond motifs is 4. The molecule has 0 radical (unpaired) electrons. The summed E-state index contributed by atoms with van der Waals surface area (Å²) in [6, 6.07) is 14.3. The highest BCUT2D eigenvalue weighted by Gasteiger charge is 2.47. The number of nitrogens with one attached hydrogen (secondary N) is 3. The number of anilines is 1. The number of ketones is 1. The quantitative estimate of drug-likeness (QED) is 0.535. The van der Waals surface area contributed by atoms with Crippen molar-refractivity contribution < 1.29 is 22.7 Å². The van der Waals surface area contributed by atoms with Gasteiger partial charge in [0.05, 0.1) is 23.8 Å². The van der Waals surface area contributed by atoms with Crippen LogP contribution in [0.4, 0.5) is 18.9 Å². The summed E-state index contributed by atoms with van der Waals surface area (Å²) in [6.07, 6.45) is -0.495. The van der Waals surface area contributed by atoms with Crippen molar-refractivity contribution >= 4 is 11.5 Å². The number of hydrogen-bond donors (Lipinski definition) is 3. The van der Waals surface area contributed by atoms with Crippen molar-refractivity contribution in [3.63, 3.8) is 0 Å². The van der Waals surface area contributed by atoms with Crippen molar-refractivity contribution in [1.82, 2.24) is 15.6 Å². The predicted molar refractivity (Wildman–Crippen MR) is 126 cm³/mol. The van der Waals surface area contributed by atoms with Crippen LogP contribution in [0.15, 0.2) is 48.7 Å². The summed E-state index contributed by atoms with van der Waals surface area (Å²) >= 11 is 0. The number of morpholine rings is 1. The number of rotatable bonds is 6. The van der Waals surface area contributed by atoms with Crippen LogP contribution in [0.5, 0.6) is 0 Å². The zero-order valence-corrected chi connectivity index (χ0v) is 19.4. The molecule has 3 N–H and O–H groups in total. The first-order valence-corrected chi connectivity index (χ1v) is 12.3. The Labute approximate surface area is 203 Å². The predicted octanol–water partition coefficient (Wildman–Crippen LogP) is 3.97. The van der Waals surface area contributed by atoms with Gasteiger partial charge in [-0.15, -0.1) is 0 Å². The number of pyridine rings is 1. The molecule has 1 aromatic heterocycles. The van der Waals surface area contributed by atoms with Crippen LogP contribution in [0.3, 0.4) is 0 Å². The van der Waals surface area contributed by atoms with E-state index < -0.39 is 12.6 Å². The lowest BCUT2D eigenvalue weighted by Crippen LogP contribution is -2.37. The van der Waals surface area contributed by atoms with E-state index in [1.807, 2.05) is 42.5 Å². The molecule has 0 unspecified atom stereocenters. The SMILES string of the molecule is FC(F)(F)CCCNc1ccc([C@@H]2O[C@H]3CN[C@@H]2C3)cc1.O=C1[C@H]2CN[C@H](C2)[C@@H]1c1ccccn1. The molecular formula is C26H31F3N4O2. The summed E-state index contributed by atoms with van der Waals surface area (Å²) in [4.78, 5) is 16.2. The van der Waals surface area contributed by atoms with Gasteiger partial charge in [-0.3, -0.25) is 9.78 Å². The first kappa shape index (κ1) is 24.2. The maximum absolute atomic E-state index is 12.0. The lowest BCUT2D eigenvalue weighted by Gasteiger charge is -2.23. The number of benzene rings is 1. The minimum Gasteiger partial charge on any atom is -0.385 e. The second kappa shape index (κ2) is 10.2. The molecule has 188 valence electrons. The van der Waals surface area contributed by atoms with Crippen LogP contribution in [0.1, 0.15) is 49.0 Å². The van der Waals surface area contributed by atoms with Crippen LogP contribution < -0.4 is 16.0 Å². The zero-order chi connectivity index (χ0) is 24.4. The Balaban J connectivity index is 0.000000156. The van der Waals surface area contributed by atoms with Crippen molar-refractivity contribution in [3.8, 4) is 0 Å². The summed E-state index contributed by atoms with van der Waals surface area (Å²) in [6.45, 7) is 2.12. The van der Waals surface area contributed by atoms with Crippen LogP contribution in [-0.2, 0) is 9.53 Å². The van der Waals surface area contributed by atoms with E-state index in [4.69, 9.17) is 4.74 Å². The standard InChI is InChI=1S/C15H19F3N2O.C11H12N2O/c16-15(17,18)6-1-7-19-11-4-2-10(3-5-11)14-13-8-12(21-14)9-20-13;14-11-7-5-9(13-6-7)10(11)8-3-1-2-4-12-8/h2-5,12-14,19-20H,1,6-9H2;1-4,7,9-10,13H,5-6H2/t12-,13-,14+;7-,9-,10+/m11/s1. The fourth-order valence-corrected chi connectivity index (χ4v) is 5.59. The number of Topliss-reactive ketones (excluding diaryl/α,β-unsaturated/α-hetero) is 1. The number of ether oxygens (including phenoxy) is 1. The Morgan fingerprint density at radius 3 is 2.43 bits per heavy atom. The van der Waals surface area contributed by atoms with E-state index in [1.165, 1.54) is 0 Å². The highest BCUT2D eigenvalue weighted by molar-refractivity contribution is 5.91. The van der Waals surface area contributed by atoms with Crippen molar-refractivity contribution in [2.24, 2.45) is 5.92 Å². The summed E-state index contributed by atoms with van der Waals surface area (Å²) in [5.74, 6) is 0.634. The van der Waals surface area contributed by atoms with Crippen molar-refractivity contribution in [2.75, 3.05) is 25.0 Å². The topological polar surface area (TPSA) is 75.3 Å². The Kier molecular flexibility index (Phi) is 7.09. The second-order valence-corrected chi connectivity index (χ2v) is 9.78. The van der Waals surface area contributed by atoms with Gasteiger partial charge in [0.2, 0.25) is 0 Å². The summed E-state index contributed by atoms with van der Waals surface area (Å²) < 4.78 is 42.0. The second-order valence-electron chi connectivity index (χ2n) is 9.78. The van der Waals surface area contributed by atoms with Crippen molar-refractivity contribution in [1.29, 1.82) is 0 Å². The van der Waals surface area contributed by atoms with E-state index in [0.717, 1.165) is 42.9 Å².